The van der Waals surface area contributed by atoms with Gasteiger partial charge >= 0.3 is 240 Å². The molecule has 1 aliphatic heterocycles. The Labute approximate surface area is 237 Å². The molecule has 0 aromatic carbocycles. The summed E-state index contributed by atoms with van der Waals surface area (Å²) in [6, 6.07) is 5.73. The molecule has 0 fully saturated rings. The van der Waals surface area contributed by atoms with Gasteiger partial charge in [-0.2, -0.15) is 0 Å². The van der Waals surface area contributed by atoms with E-state index >= 15 is 0 Å². The molecule has 0 nitrogen and oxygen atoms in total. The van der Waals surface area contributed by atoms with E-state index in [1.165, 1.54) is 51.4 Å². The molecular formula is C30H54GeS2Sn2. The molecule has 2 unspecified atom stereocenters. The van der Waals surface area contributed by atoms with E-state index in [-0.39, 0.29) is 0 Å². The number of fused-ring (bicyclic) bond motifs is 3. The van der Waals surface area contributed by atoms with Crippen LogP contribution in [-0.4, -0.2) is 50.0 Å². The number of hydrogen-bond acceptors (Lipinski definition) is 2. The number of thiophene rings is 2. The quantitative estimate of drug-likeness (QED) is 0.168. The second-order valence-corrected chi connectivity index (χ2v) is 55.0. The van der Waals surface area contributed by atoms with Crippen LogP contribution in [0.15, 0.2) is 12.1 Å². The van der Waals surface area contributed by atoms with Gasteiger partial charge in [-0.15, -0.1) is 0 Å². The normalized spacial score (nSPS) is 16.9. The Balaban J connectivity index is 2.23. The summed E-state index contributed by atoms with van der Waals surface area (Å²) in [6.45, 7) is 9.76. The summed E-state index contributed by atoms with van der Waals surface area (Å²) < 4.78 is 7.64. The van der Waals surface area contributed by atoms with Crippen LogP contribution in [0.25, 0.3) is 9.75 Å². The van der Waals surface area contributed by atoms with Gasteiger partial charge in [-0.05, 0) is 0 Å². The molecule has 0 radical (unpaired) electrons. The molecule has 3 rings (SSSR count). The molecule has 3 heterocycles. The molecule has 0 saturated heterocycles. The fourth-order valence-corrected chi connectivity index (χ4v) is 37.1. The third kappa shape index (κ3) is 7.01. The average molecular weight is 789 g/mol. The molecule has 0 spiro atoms. The van der Waals surface area contributed by atoms with Gasteiger partial charge in [-0.1, -0.05) is 0 Å². The minimum atomic E-state index is -2.48. The van der Waals surface area contributed by atoms with E-state index in [2.05, 4.69) is 92.1 Å². The Morgan fingerprint density at radius 1 is 0.657 bits per heavy atom. The van der Waals surface area contributed by atoms with Crippen LogP contribution in [0.5, 0.6) is 0 Å². The zero-order chi connectivity index (χ0) is 26.0. The van der Waals surface area contributed by atoms with Crippen molar-refractivity contribution in [1.29, 1.82) is 0 Å². The van der Waals surface area contributed by atoms with Crippen LogP contribution in [-0.2, 0) is 0 Å². The molecule has 1 aliphatic rings. The molecule has 0 amide bonds. The van der Waals surface area contributed by atoms with Crippen LogP contribution in [0, 0.1) is 11.8 Å². The van der Waals surface area contributed by atoms with Crippen molar-refractivity contribution in [3.05, 3.63) is 12.1 Å². The molecule has 0 bridgehead atoms. The maximum atomic E-state index is 2.86. The van der Waals surface area contributed by atoms with Crippen LogP contribution in [0.4, 0.5) is 0 Å². The van der Waals surface area contributed by atoms with E-state index in [1.54, 1.807) is 20.3 Å². The first-order chi connectivity index (χ1) is 16.4. The molecule has 35 heavy (non-hydrogen) atoms. The summed E-state index contributed by atoms with van der Waals surface area (Å²) in [5.41, 5.74) is 0. The van der Waals surface area contributed by atoms with Gasteiger partial charge in [0, 0.05) is 0 Å². The van der Waals surface area contributed by atoms with Crippen molar-refractivity contribution in [1.82, 2.24) is 0 Å². The number of hydrogen-bond donors (Lipinski definition) is 0. The minimum absolute atomic E-state index is 0.931. The predicted octanol–water partition coefficient (Wildman–Crippen LogP) is 8.88. The van der Waals surface area contributed by atoms with Gasteiger partial charge in [0.15, 0.2) is 0 Å². The van der Waals surface area contributed by atoms with Crippen molar-refractivity contribution in [2.24, 2.45) is 11.8 Å². The molecule has 2 aromatic rings. The molecule has 2 aromatic heterocycles. The average Bonchev–Trinajstić information content (AvgIpc) is 3.47. The van der Waals surface area contributed by atoms with E-state index < -0.39 is 50.0 Å². The Hall–Kier alpha value is 1.54. The maximum absolute atomic E-state index is 2.86. The second kappa shape index (κ2) is 12.8. The van der Waals surface area contributed by atoms with Crippen LogP contribution < -0.4 is 14.6 Å². The Bertz CT molecular complexity index is 882. The van der Waals surface area contributed by atoms with Crippen molar-refractivity contribution in [2.75, 3.05) is 0 Å². The van der Waals surface area contributed by atoms with E-state index in [1.807, 2.05) is 14.6 Å². The first kappa shape index (κ1) is 31.1. The SMILES string of the molecule is CCCCC(CC)[CH2][Ge]1([CH2]C(CC)CCCC)[c]2c[c]([Sn]([CH3])([CH3])[CH3])sc2-c2s[c]([Sn]([CH3])([CH3])[CH3])c[c]21. The van der Waals surface area contributed by atoms with E-state index in [0.717, 1.165) is 11.8 Å². The van der Waals surface area contributed by atoms with Gasteiger partial charge in [0.1, 0.15) is 0 Å². The zero-order valence-electron chi connectivity index (χ0n) is 24.7. The Kier molecular flexibility index (Phi) is 11.4. The zero-order valence-corrected chi connectivity index (χ0v) is 34.1. The molecule has 0 N–H and O–H groups in total. The summed E-state index contributed by atoms with van der Waals surface area (Å²) >= 11 is -2.16. The van der Waals surface area contributed by atoms with Crippen molar-refractivity contribution < 1.29 is 0 Å². The van der Waals surface area contributed by atoms with Gasteiger partial charge in [0.25, 0.3) is 0 Å². The molecule has 0 saturated carbocycles. The Morgan fingerprint density at radius 2 is 1.03 bits per heavy atom. The van der Waals surface area contributed by atoms with Gasteiger partial charge in [-0.25, -0.2) is 0 Å². The third-order valence-electron chi connectivity index (χ3n) is 8.54. The van der Waals surface area contributed by atoms with Crippen molar-refractivity contribution in [2.45, 2.75) is 119 Å². The van der Waals surface area contributed by atoms with E-state index in [4.69, 9.17) is 0 Å². The van der Waals surface area contributed by atoms with Crippen LogP contribution in [0.3, 0.4) is 0 Å². The standard InChI is InChI=1S/C24H36GeS2.6CH3.2Sn/c1-5-9-11-19(7-3)17-25(18-20(8-4)12-10-6-2)21-13-15-26-23(21)24-22(25)14-16-27-24;;;;;;;;/h13-14,19-20H,5-12,17-18H2,1-4H3;6*1H3;;. The monoisotopic (exact) mass is 792 g/mol. The van der Waals surface area contributed by atoms with Crippen LogP contribution >= 0.6 is 22.7 Å². The topological polar surface area (TPSA) is 0 Å². The van der Waals surface area contributed by atoms with Crippen molar-refractivity contribution in [3.63, 3.8) is 0 Å². The van der Waals surface area contributed by atoms with E-state index in [9.17, 15) is 0 Å². The van der Waals surface area contributed by atoms with Gasteiger partial charge in [0.2, 0.25) is 0 Å². The summed E-state index contributed by atoms with van der Waals surface area (Å²) in [7, 11) is 0. The third-order valence-corrected chi connectivity index (χ3v) is 41.9. The first-order valence-electron chi connectivity index (χ1n) is 14.7. The Morgan fingerprint density at radius 3 is 1.31 bits per heavy atom. The summed E-state index contributed by atoms with van der Waals surface area (Å²) in [5, 5.41) is 3.15. The van der Waals surface area contributed by atoms with Crippen LogP contribution in [0.2, 0.25) is 40.1 Å². The van der Waals surface area contributed by atoms with Crippen molar-refractivity contribution >= 4 is 87.3 Å². The fraction of sp³-hybridized carbons (Fsp3) is 0.733. The van der Waals surface area contributed by atoms with E-state index in [0.29, 0.717) is 0 Å². The van der Waals surface area contributed by atoms with Crippen molar-refractivity contribution in [3.8, 4) is 9.75 Å². The molecule has 198 valence electrons. The molecule has 0 aliphatic carbocycles. The van der Waals surface area contributed by atoms with Crippen LogP contribution in [0.1, 0.15) is 79.1 Å². The summed E-state index contributed by atoms with van der Waals surface area (Å²) in [6.07, 6.45) is 11.2. The molecular weight excluding hydrogens is 734 g/mol. The van der Waals surface area contributed by atoms with Gasteiger partial charge < -0.3 is 0 Å². The predicted molar refractivity (Wildman–Crippen MR) is 175 cm³/mol. The van der Waals surface area contributed by atoms with Gasteiger partial charge in [0.05, 0.1) is 0 Å². The fourth-order valence-electron chi connectivity index (χ4n) is 6.11. The number of unbranched alkanes of at least 4 members (excludes halogenated alkanes) is 2. The number of rotatable bonds is 14. The second-order valence-electron chi connectivity index (χ2n) is 13.5. The summed E-state index contributed by atoms with van der Waals surface area (Å²) in [4.78, 5) is 19.4. The molecule has 2 atom stereocenters. The first-order valence-corrected chi connectivity index (χ1v) is 41.4. The van der Waals surface area contributed by atoms with Gasteiger partial charge in [-0.3, -0.25) is 0 Å². The molecule has 5 heteroatoms. The summed E-state index contributed by atoms with van der Waals surface area (Å²) in [5.74, 6) is 1.86.